The molecule has 0 bridgehead atoms. The summed E-state index contributed by atoms with van der Waals surface area (Å²) in [4.78, 5) is 18.1. The van der Waals surface area contributed by atoms with Crippen LogP contribution < -0.4 is 5.73 Å². The van der Waals surface area contributed by atoms with Gasteiger partial charge in [0.25, 0.3) is 0 Å². The molecule has 1 fully saturated rings. The second kappa shape index (κ2) is 4.42. The summed E-state index contributed by atoms with van der Waals surface area (Å²) in [6.45, 7) is 1.91. The van der Waals surface area contributed by atoms with Crippen molar-refractivity contribution in [2.24, 2.45) is 11.7 Å². The van der Waals surface area contributed by atoms with Gasteiger partial charge < -0.3 is 15.0 Å². The molecule has 1 aliphatic rings. The van der Waals surface area contributed by atoms with E-state index >= 15 is 0 Å². The van der Waals surface area contributed by atoms with Crippen molar-refractivity contribution >= 4 is 11.6 Å². The Morgan fingerprint density at radius 3 is 3.06 bits per heavy atom. The number of rotatable bonds is 3. The van der Waals surface area contributed by atoms with Crippen LogP contribution in [0.5, 0.6) is 0 Å². The number of nitrogens with two attached hydrogens (primary N) is 1. The van der Waals surface area contributed by atoms with Crippen molar-refractivity contribution in [3.05, 3.63) is 36.3 Å². The zero-order chi connectivity index (χ0) is 12.5. The molecule has 1 unspecified atom stereocenters. The molecular formula is C13H16N4O. The molecule has 18 heavy (non-hydrogen) atoms. The van der Waals surface area contributed by atoms with Crippen molar-refractivity contribution in [2.45, 2.75) is 13.0 Å². The molecule has 0 spiro atoms. The van der Waals surface area contributed by atoms with Gasteiger partial charge in [-0.15, -0.1) is 0 Å². The highest BCUT2D eigenvalue weighted by atomic mass is 16.2. The van der Waals surface area contributed by atoms with Crippen LogP contribution in [0.15, 0.2) is 30.6 Å². The van der Waals surface area contributed by atoms with Crippen molar-refractivity contribution in [3.63, 3.8) is 0 Å². The molecule has 1 amide bonds. The number of imidazole rings is 1. The maximum Gasteiger partial charge on any atom is 0.223 e. The van der Waals surface area contributed by atoms with Crippen LogP contribution in [0.4, 0.5) is 0 Å². The molecule has 0 saturated carbocycles. The first-order valence-corrected chi connectivity index (χ1v) is 6.16. The number of hydrogen-bond acceptors (Lipinski definition) is 3. The molecule has 2 N–H and O–H groups in total. The van der Waals surface area contributed by atoms with E-state index in [1.165, 1.54) is 0 Å². The van der Waals surface area contributed by atoms with E-state index in [9.17, 15) is 4.79 Å². The highest BCUT2D eigenvalue weighted by molar-refractivity contribution is 5.78. The molecule has 3 heterocycles. The minimum Gasteiger partial charge on any atom is -0.336 e. The third kappa shape index (κ3) is 1.97. The summed E-state index contributed by atoms with van der Waals surface area (Å²) in [5.74, 6) is 0.483. The molecule has 94 valence electrons. The maximum absolute atomic E-state index is 11.8. The van der Waals surface area contributed by atoms with E-state index in [1.54, 1.807) is 0 Å². The SMILES string of the molecule is NCC1CC(=O)N(Cc2cn3ccccc3n2)C1. The minimum absolute atomic E-state index is 0.183. The summed E-state index contributed by atoms with van der Waals surface area (Å²) >= 11 is 0. The number of carbonyl (C=O) groups is 1. The standard InChI is InChI=1S/C13H16N4O/c14-6-10-5-13(18)17(7-10)9-11-8-16-4-2-1-3-12(16)15-11/h1-4,8,10H,5-7,9,14H2. The first-order valence-electron chi connectivity index (χ1n) is 6.16. The van der Waals surface area contributed by atoms with Crippen LogP contribution in [0.1, 0.15) is 12.1 Å². The topological polar surface area (TPSA) is 63.6 Å². The van der Waals surface area contributed by atoms with E-state index in [1.807, 2.05) is 39.9 Å². The normalized spacial score (nSPS) is 19.9. The zero-order valence-corrected chi connectivity index (χ0v) is 10.1. The van der Waals surface area contributed by atoms with Crippen molar-refractivity contribution in [2.75, 3.05) is 13.1 Å². The number of hydrogen-bond donors (Lipinski definition) is 1. The van der Waals surface area contributed by atoms with Crippen LogP contribution in [0.25, 0.3) is 5.65 Å². The molecule has 0 radical (unpaired) electrons. The Balaban J connectivity index is 1.78. The molecule has 1 aliphatic heterocycles. The Kier molecular flexibility index (Phi) is 2.76. The van der Waals surface area contributed by atoms with Crippen LogP contribution in [0, 0.1) is 5.92 Å². The average molecular weight is 244 g/mol. The third-order valence-corrected chi connectivity index (χ3v) is 3.39. The maximum atomic E-state index is 11.8. The Bertz CT molecular complexity index is 544. The summed E-state index contributed by atoms with van der Waals surface area (Å²) in [5.41, 5.74) is 7.45. The first kappa shape index (κ1) is 11.2. The van der Waals surface area contributed by atoms with Gasteiger partial charge >= 0.3 is 0 Å². The molecule has 1 saturated heterocycles. The van der Waals surface area contributed by atoms with Crippen LogP contribution >= 0.6 is 0 Å². The number of aromatic nitrogens is 2. The molecule has 3 rings (SSSR count). The second-order valence-electron chi connectivity index (χ2n) is 4.78. The Morgan fingerprint density at radius 2 is 2.33 bits per heavy atom. The number of fused-ring (bicyclic) bond motifs is 1. The highest BCUT2D eigenvalue weighted by Gasteiger charge is 2.28. The van der Waals surface area contributed by atoms with Gasteiger partial charge in [0.05, 0.1) is 12.2 Å². The van der Waals surface area contributed by atoms with Crippen molar-refractivity contribution in [1.82, 2.24) is 14.3 Å². The van der Waals surface area contributed by atoms with Gasteiger partial charge in [0.1, 0.15) is 5.65 Å². The number of likely N-dealkylation sites (tertiary alicyclic amines) is 1. The van der Waals surface area contributed by atoms with E-state index in [0.29, 0.717) is 25.4 Å². The molecule has 2 aromatic rings. The van der Waals surface area contributed by atoms with Crippen molar-refractivity contribution < 1.29 is 4.79 Å². The lowest BCUT2D eigenvalue weighted by atomic mass is 10.1. The summed E-state index contributed by atoms with van der Waals surface area (Å²) < 4.78 is 1.97. The van der Waals surface area contributed by atoms with E-state index in [2.05, 4.69) is 4.98 Å². The lowest BCUT2D eigenvalue weighted by molar-refractivity contribution is -0.128. The lowest BCUT2D eigenvalue weighted by Gasteiger charge is -2.14. The molecule has 1 atom stereocenters. The summed E-state index contributed by atoms with van der Waals surface area (Å²) in [6.07, 6.45) is 4.50. The Labute approximate surface area is 105 Å². The molecule has 2 aromatic heterocycles. The fraction of sp³-hybridized carbons (Fsp3) is 0.385. The van der Waals surface area contributed by atoms with Crippen LogP contribution in [0.2, 0.25) is 0 Å². The van der Waals surface area contributed by atoms with Crippen LogP contribution in [-0.2, 0) is 11.3 Å². The summed E-state index contributed by atoms with van der Waals surface area (Å²) in [5, 5.41) is 0. The smallest absolute Gasteiger partial charge is 0.223 e. The zero-order valence-electron chi connectivity index (χ0n) is 10.1. The number of amides is 1. The Morgan fingerprint density at radius 1 is 1.44 bits per heavy atom. The molecule has 5 heteroatoms. The second-order valence-corrected chi connectivity index (χ2v) is 4.78. The van der Waals surface area contributed by atoms with Gasteiger partial charge in [-0.1, -0.05) is 6.07 Å². The number of carbonyl (C=O) groups excluding carboxylic acids is 1. The van der Waals surface area contributed by atoms with Gasteiger partial charge in [-0.25, -0.2) is 4.98 Å². The first-order chi connectivity index (χ1) is 8.76. The van der Waals surface area contributed by atoms with E-state index in [-0.39, 0.29) is 5.91 Å². The quantitative estimate of drug-likeness (QED) is 0.862. The number of pyridine rings is 1. The predicted octanol–water partition coefficient (Wildman–Crippen LogP) is 0.641. The van der Waals surface area contributed by atoms with E-state index in [4.69, 9.17) is 5.73 Å². The van der Waals surface area contributed by atoms with Gasteiger partial charge in [0.2, 0.25) is 5.91 Å². The lowest BCUT2D eigenvalue weighted by Crippen LogP contribution is -2.25. The fourth-order valence-electron chi connectivity index (χ4n) is 2.42. The van der Waals surface area contributed by atoms with Crippen LogP contribution in [-0.4, -0.2) is 33.3 Å². The van der Waals surface area contributed by atoms with Gasteiger partial charge in [0.15, 0.2) is 0 Å². The highest BCUT2D eigenvalue weighted by Crippen LogP contribution is 2.19. The van der Waals surface area contributed by atoms with Gasteiger partial charge in [-0.3, -0.25) is 4.79 Å². The van der Waals surface area contributed by atoms with Gasteiger partial charge in [-0.2, -0.15) is 0 Å². The van der Waals surface area contributed by atoms with Crippen molar-refractivity contribution in [1.29, 1.82) is 0 Å². The van der Waals surface area contributed by atoms with Crippen molar-refractivity contribution in [3.8, 4) is 0 Å². The molecular weight excluding hydrogens is 228 g/mol. The largest absolute Gasteiger partial charge is 0.336 e. The van der Waals surface area contributed by atoms with E-state index in [0.717, 1.165) is 17.9 Å². The van der Waals surface area contributed by atoms with Gasteiger partial charge in [0, 0.05) is 25.4 Å². The van der Waals surface area contributed by atoms with Gasteiger partial charge in [-0.05, 0) is 24.6 Å². The molecule has 0 aromatic carbocycles. The summed E-state index contributed by atoms with van der Waals surface area (Å²) in [7, 11) is 0. The predicted molar refractivity (Wildman–Crippen MR) is 67.8 cm³/mol. The summed E-state index contributed by atoms with van der Waals surface area (Å²) in [6, 6.07) is 5.87. The average Bonchev–Trinajstić information content (AvgIpc) is 2.93. The van der Waals surface area contributed by atoms with Crippen LogP contribution in [0.3, 0.4) is 0 Å². The Hall–Kier alpha value is -1.88. The van der Waals surface area contributed by atoms with E-state index < -0.39 is 0 Å². The third-order valence-electron chi connectivity index (χ3n) is 3.39. The minimum atomic E-state index is 0.183. The monoisotopic (exact) mass is 244 g/mol. The molecule has 5 nitrogen and oxygen atoms in total. The number of nitrogens with zero attached hydrogens (tertiary/aromatic N) is 3. The fourth-order valence-corrected chi connectivity index (χ4v) is 2.42. The molecule has 0 aliphatic carbocycles.